The van der Waals surface area contributed by atoms with Gasteiger partial charge < -0.3 is 9.87 Å². The molecular weight excluding hydrogens is 413 g/mol. The number of anilines is 1. The van der Waals surface area contributed by atoms with Gasteiger partial charge in [0.15, 0.2) is 0 Å². The van der Waals surface area contributed by atoms with Gasteiger partial charge in [-0.1, -0.05) is 12.1 Å². The Balaban J connectivity index is 1.66. The van der Waals surface area contributed by atoms with Crippen molar-refractivity contribution in [1.29, 1.82) is 0 Å². The molecule has 0 radical (unpaired) electrons. The molecule has 0 aliphatic rings. The summed E-state index contributed by atoms with van der Waals surface area (Å²) in [5, 5.41) is 7.06. The number of carbonyl (C=O) groups is 1. The molecule has 1 heterocycles. The van der Waals surface area contributed by atoms with Crippen molar-refractivity contribution in [2.75, 3.05) is 5.32 Å². The number of aryl methyl sites for hydroxylation is 1. The monoisotopic (exact) mass is 439 g/mol. The van der Waals surface area contributed by atoms with Crippen molar-refractivity contribution in [3.8, 4) is 11.3 Å². The summed E-state index contributed by atoms with van der Waals surface area (Å²) in [6.45, 7) is 5.86. The maximum atomic E-state index is 13.2. The SMILES string of the molecule is Cn1ncc(C=CC(=O)Nc2ccc(C[S+]([O-])C(C)(C)C)cc2)c1-c1ccc(F)cc1. The lowest BCUT2D eigenvalue weighted by molar-refractivity contribution is -0.111. The highest BCUT2D eigenvalue weighted by molar-refractivity contribution is 7.91. The number of amides is 1. The molecule has 0 aliphatic carbocycles. The Bertz CT molecular complexity index is 1070. The van der Waals surface area contributed by atoms with Crippen LogP contribution < -0.4 is 5.32 Å². The normalized spacial score (nSPS) is 12.8. The topological polar surface area (TPSA) is 70.0 Å². The van der Waals surface area contributed by atoms with E-state index in [9.17, 15) is 13.7 Å². The van der Waals surface area contributed by atoms with Gasteiger partial charge in [-0.25, -0.2) is 4.39 Å². The Morgan fingerprint density at radius 3 is 2.42 bits per heavy atom. The van der Waals surface area contributed by atoms with Crippen LogP contribution in [-0.4, -0.2) is 25.0 Å². The van der Waals surface area contributed by atoms with Crippen molar-refractivity contribution in [3.63, 3.8) is 0 Å². The number of hydrogen-bond donors (Lipinski definition) is 1. The van der Waals surface area contributed by atoms with Gasteiger partial charge >= 0.3 is 0 Å². The first kappa shape index (κ1) is 22.8. The molecule has 1 aromatic heterocycles. The summed E-state index contributed by atoms with van der Waals surface area (Å²) in [4.78, 5) is 12.4. The van der Waals surface area contributed by atoms with Crippen LogP contribution in [0.1, 0.15) is 31.9 Å². The Morgan fingerprint density at radius 2 is 1.81 bits per heavy atom. The quantitative estimate of drug-likeness (QED) is 0.438. The molecule has 162 valence electrons. The van der Waals surface area contributed by atoms with E-state index in [0.717, 1.165) is 22.4 Å². The van der Waals surface area contributed by atoms with Crippen molar-refractivity contribution < 1.29 is 13.7 Å². The maximum Gasteiger partial charge on any atom is 0.248 e. The van der Waals surface area contributed by atoms with Gasteiger partial charge in [0.05, 0.1) is 11.9 Å². The van der Waals surface area contributed by atoms with Crippen molar-refractivity contribution in [3.05, 3.63) is 77.7 Å². The molecule has 1 atom stereocenters. The molecule has 1 N–H and O–H groups in total. The summed E-state index contributed by atoms with van der Waals surface area (Å²) < 4.78 is 26.9. The van der Waals surface area contributed by atoms with E-state index in [1.54, 1.807) is 48.3 Å². The van der Waals surface area contributed by atoms with Crippen LogP contribution in [0.15, 0.2) is 60.8 Å². The fraction of sp³-hybridized carbons (Fsp3) is 0.250. The number of benzene rings is 2. The highest BCUT2D eigenvalue weighted by Gasteiger charge is 2.25. The number of hydrogen-bond acceptors (Lipinski definition) is 3. The van der Waals surface area contributed by atoms with Crippen LogP contribution in [0, 0.1) is 5.82 Å². The third kappa shape index (κ3) is 6.06. The average Bonchev–Trinajstić information content (AvgIpc) is 3.08. The van der Waals surface area contributed by atoms with Crippen LogP contribution in [-0.2, 0) is 28.8 Å². The first-order valence-corrected chi connectivity index (χ1v) is 11.2. The Kier molecular flexibility index (Phi) is 6.97. The fourth-order valence-corrected chi connectivity index (χ4v) is 3.87. The predicted molar refractivity (Wildman–Crippen MR) is 124 cm³/mol. The summed E-state index contributed by atoms with van der Waals surface area (Å²) in [5.41, 5.74) is 3.97. The molecule has 2 aromatic carbocycles. The lowest BCUT2D eigenvalue weighted by atomic mass is 10.1. The number of nitrogens with zero attached hydrogens (tertiary/aromatic N) is 2. The van der Waals surface area contributed by atoms with Gasteiger partial charge in [-0.2, -0.15) is 5.10 Å². The van der Waals surface area contributed by atoms with Crippen molar-refractivity contribution in [2.45, 2.75) is 31.3 Å². The largest absolute Gasteiger partial charge is 0.616 e. The summed E-state index contributed by atoms with van der Waals surface area (Å²) in [6, 6.07) is 13.5. The summed E-state index contributed by atoms with van der Waals surface area (Å²) in [5.74, 6) is -0.108. The summed E-state index contributed by atoms with van der Waals surface area (Å²) in [7, 11) is 1.80. The second kappa shape index (κ2) is 9.49. The van der Waals surface area contributed by atoms with Gasteiger partial charge in [-0.15, -0.1) is 0 Å². The average molecular weight is 440 g/mol. The zero-order chi connectivity index (χ0) is 22.6. The molecule has 5 nitrogen and oxygen atoms in total. The van der Waals surface area contributed by atoms with Crippen LogP contribution in [0.5, 0.6) is 0 Å². The molecule has 0 spiro atoms. The number of nitrogens with one attached hydrogen (secondary N) is 1. The first-order valence-electron chi connectivity index (χ1n) is 9.88. The molecule has 0 saturated heterocycles. The van der Waals surface area contributed by atoms with E-state index < -0.39 is 11.2 Å². The standard InChI is InChI=1S/C24H26FN3O2S/c1-24(2,3)31(30)16-17-5-12-21(13-6-17)27-22(29)14-9-19-15-26-28(4)23(19)18-7-10-20(25)11-8-18/h5-15H,16H2,1-4H3,(H,27,29). The number of carbonyl (C=O) groups excluding carboxylic acids is 1. The van der Waals surface area contributed by atoms with Gasteiger partial charge in [0.1, 0.15) is 16.3 Å². The van der Waals surface area contributed by atoms with Crippen LogP contribution >= 0.6 is 0 Å². The Hall–Kier alpha value is -2.90. The van der Waals surface area contributed by atoms with E-state index in [4.69, 9.17) is 0 Å². The molecule has 3 rings (SSSR count). The second-order valence-corrected chi connectivity index (χ2v) is 10.4. The first-order chi connectivity index (χ1) is 14.6. The molecule has 7 heteroatoms. The van der Waals surface area contributed by atoms with Crippen molar-refractivity contribution in [1.82, 2.24) is 9.78 Å². The van der Waals surface area contributed by atoms with Gasteiger partial charge in [0.25, 0.3) is 0 Å². The van der Waals surface area contributed by atoms with Gasteiger partial charge in [0.2, 0.25) is 5.91 Å². The highest BCUT2D eigenvalue weighted by Crippen LogP contribution is 2.25. The van der Waals surface area contributed by atoms with E-state index in [2.05, 4.69) is 10.4 Å². The zero-order valence-corrected chi connectivity index (χ0v) is 18.9. The molecule has 0 bridgehead atoms. The smallest absolute Gasteiger partial charge is 0.248 e. The van der Waals surface area contributed by atoms with Crippen LogP contribution in [0.4, 0.5) is 10.1 Å². The van der Waals surface area contributed by atoms with Crippen LogP contribution in [0.25, 0.3) is 17.3 Å². The minimum atomic E-state index is -0.975. The third-order valence-electron chi connectivity index (χ3n) is 4.70. The molecule has 1 unspecified atom stereocenters. The lowest BCUT2D eigenvalue weighted by Gasteiger charge is -2.24. The van der Waals surface area contributed by atoms with E-state index in [0.29, 0.717) is 11.4 Å². The van der Waals surface area contributed by atoms with Gasteiger partial charge in [0, 0.05) is 35.5 Å². The van der Waals surface area contributed by atoms with E-state index in [1.165, 1.54) is 18.2 Å². The molecule has 3 aromatic rings. The van der Waals surface area contributed by atoms with E-state index >= 15 is 0 Å². The Morgan fingerprint density at radius 1 is 1.16 bits per heavy atom. The van der Waals surface area contributed by atoms with Crippen LogP contribution in [0.3, 0.4) is 0 Å². The third-order valence-corrected chi connectivity index (χ3v) is 6.66. The predicted octanol–water partition coefficient (Wildman–Crippen LogP) is 4.93. The fourth-order valence-electron chi connectivity index (χ4n) is 2.94. The minimum Gasteiger partial charge on any atom is -0.616 e. The summed E-state index contributed by atoms with van der Waals surface area (Å²) >= 11 is -0.975. The Labute approximate surface area is 185 Å². The minimum absolute atomic E-state index is 0.267. The number of aromatic nitrogens is 2. The second-order valence-electron chi connectivity index (χ2n) is 8.20. The molecule has 31 heavy (non-hydrogen) atoms. The number of halogens is 1. The summed E-state index contributed by atoms with van der Waals surface area (Å²) in [6.07, 6.45) is 4.78. The van der Waals surface area contributed by atoms with Crippen LogP contribution in [0.2, 0.25) is 0 Å². The van der Waals surface area contributed by atoms with Crippen molar-refractivity contribution in [2.24, 2.45) is 7.05 Å². The van der Waals surface area contributed by atoms with E-state index in [-0.39, 0.29) is 16.5 Å². The lowest BCUT2D eigenvalue weighted by Crippen LogP contribution is -2.29. The maximum absolute atomic E-state index is 13.2. The highest BCUT2D eigenvalue weighted by atomic mass is 32.2. The number of rotatable bonds is 6. The van der Waals surface area contributed by atoms with Gasteiger partial charge in [-0.3, -0.25) is 9.48 Å². The molecular formula is C24H26FN3O2S. The molecule has 1 amide bonds. The molecule has 0 fully saturated rings. The zero-order valence-electron chi connectivity index (χ0n) is 18.1. The van der Waals surface area contributed by atoms with Gasteiger partial charge in [-0.05, 0) is 74.4 Å². The van der Waals surface area contributed by atoms with E-state index in [1.807, 2.05) is 32.9 Å². The van der Waals surface area contributed by atoms with Crippen molar-refractivity contribution >= 4 is 28.8 Å². The molecule has 0 aliphatic heterocycles. The molecule has 0 saturated carbocycles.